The second-order valence-electron chi connectivity index (χ2n) is 8.78. The van der Waals surface area contributed by atoms with Crippen molar-refractivity contribution in [2.45, 2.75) is 60.5 Å². The third-order valence-electron chi connectivity index (χ3n) is 5.58. The Balaban J connectivity index is 2.32. The summed E-state index contributed by atoms with van der Waals surface area (Å²) in [7, 11) is 0. The van der Waals surface area contributed by atoms with Gasteiger partial charge in [-0.15, -0.1) is 0 Å². The maximum absolute atomic E-state index is 13.4. The standard InChI is InChI=1S/C26H34Cl2N2O3/c1-7-23(26(32)29-13-16(2)3)30(14-20-21(27)9-8-10-22(20)28)25(31)15-33-24-12-17(4)11-18(5)19(24)6/h8-12,16,23H,7,13-15H2,1-6H3,(H,29,32)/t23-/m0/s1. The lowest BCUT2D eigenvalue weighted by molar-refractivity contribution is -0.143. The van der Waals surface area contributed by atoms with Crippen LogP contribution in [0.2, 0.25) is 10.0 Å². The third-order valence-corrected chi connectivity index (χ3v) is 6.28. The van der Waals surface area contributed by atoms with Crippen molar-refractivity contribution in [2.75, 3.05) is 13.2 Å². The van der Waals surface area contributed by atoms with Crippen LogP contribution in [0.1, 0.15) is 49.4 Å². The van der Waals surface area contributed by atoms with Gasteiger partial charge >= 0.3 is 0 Å². The summed E-state index contributed by atoms with van der Waals surface area (Å²) < 4.78 is 5.92. The Morgan fingerprint density at radius 1 is 1.09 bits per heavy atom. The molecule has 33 heavy (non-hydrogen) atoms. The largest absolute Gasteiger partial charge is 0.483 e. The first-order valence-corrected chi connectivity index (χ1v) is 12.0. The van der Waals surface area contributed by atoms with Crippen LogP contribution >= 0.6 is 23.2 Å². The predicted molar refractivity (Wildman–Crippen MR) is 135 cm³/mol. The highest BCUT2D eigenvalue weighted by Crippen LogP contribution is 2.28. The number of hydrogen-bond acceptors (Lipinski definition) is 3. The van der Waals surface area contributed by atoms with Crippen LogP contribution in [-0.4, -0.2) is 35.9 Å². The first-order valence-electron chi connectivity index (χ1n) is 11.3. The molecule has 0 fully saturated rings. The van der Waals surface area contributed by atoms with Crippen molar-refractivity contribution >= 4 is 35.0 Å². The fourth-order valence-corrected chi connectivity index (χ4v) is 4.09. The number of halogens is 2. The highest BCUT2D eigenvalue weighted by Gasteiger charge is 2.30. The monoisotopic (exact) mass is 492 g/mol. The van der Waals surface area contributed by atoms with Crippen molar-refractivity contribution in [3.8, 4) is 5.75 Å². The van der Waals surface area contributed by atoms with Crippen molar-refractivity contribution in [2.24, 2.45) is 5.92 Å². The molecule has 1 N–H and O–H groups in total. The van der Waals surface area contributed by atoms with Crippen molar-refractivity contribution in [1.29, 1.82) is 0 Å². The number of rotatable bonds is 10. The van der Waals surface area contributed by atoms with Crippen LogP contribution in [0.15, 0.2) is 30.3 Å². The second kappa shape index (κ2) is 12.3. The van der Waals surface area contributed by atoms with Crippen LogP contribution in [0.3, 0.4) is 0 Å². The molecule has 0 bridgehead atoms. The zero-order valence-electron chi connectivity index (χ0n) is 20.3. The minimum Gasteiger partial charge on any atom is -0.483 e. The van der Waals surface area contributed by atoms with E-state index in [1.165, 1.54) is 4.90 Å². The van der Waals surface area contributed by atoms with Crippen molar-refractivity contribution in [3.05, 3.63) is 62.6 Å². The molecule has 2 amide bonds. The number of nitrogens with one attached hydrogen (secondary N) is 1. The molecular formula is C26H34Cl2N2O3. The minimum atomic E-state index is -0.674. The van der Waals surface area contributed by atoms with E-state index in [0.717, 1.165) is 16.7 Å². The van der Waals surface area contributed by atoms with E-state index in [2.05, 4.69) is 11.4 Å². The average Bonchev–Trinajstić information content (AvgIpc) is 2.75. The van der Waals surface area contributed by atoms with Crippen molar-refractivity contribution in [1.82, 2.24) is 10.2 Å². The highest BCUT2D eigenvalue weighted by atomic mass is 35.5. The zero-order valence-corrected chi connectivity index (χ0v) is 21.8. The zero-order chi connectivity index (χ0) is 24.7. The first kappa shape index (κ1) is 27.0. The fourth-order valence-electron chi connectivity index (χ4n) is 3.57. The summed E-state index contributed by atoms with van der Waals surface area (Å²) in [5.74, 6) is 0.444. The molecule has 2 rings (SSSR count). The molecule has 5 nitrogen and oxygen atoms in total. The number of nitrogens with zero attached hydrogens (tertiary/aromatic N) is 1. The summed E-state index contributed by atoms with van der Waals surface area (Å²) in [4.78, 5) is 27.9. The van der Waals surface area contributed by atoms with Crippen LogP contribution in [-0.2, 0) is 16.1 Å². The maximum atomic E-state index is 13.4. The number of benzene rings is 2. The summed E-state index contributed by atoms with van der Waals surface area (Å²) >= 11 is 12.8. The molecular weight excluding hydrogens is 459 g/mol. The van der Waals surface area contributed by atoms with Crippen molar-refractivity contribution < 1.29 is 14.3 Å². The highest BCUT2D eigenvalue weighted by molar-refractivity contribution is 6.36. The van der Waals surface area contributed by atoms with Gasteiger partial charge < -0.3 is 15.0 Å². The smallest absolute Gasteiger partial charge is 0.261 e. The molecule has 180 valence electrons. The van der Waals surface area contributed by atoms with Gasteiger partial charge in [0.05, 0.1) is 0 Å². The van der Waals surface area contributed by atoms with Crippen molar-refractivity contribution in [3.63, 3.8) is 0 Å². The van der Waals surface area contributed by atoms with E-state index in [-0.39, 0.29) is 25.0 Å². The molecule has 7 heteroatoms. The Morgan fingerprint density at radius 3 is 2.30 bits per heavy atom. The lowest BCUT2D eigenvalue weighted by Crippen LogP contribution is -2.50. The summed E-state index contributed by atoms with van der Waals surface area (Å²) in [6.45, 7) is 12.3. The van der Waals surface area contributed by atoms with Gasteiger partial charge in [-0.3, -0.25) is 9.59 Å². The van der Waals surface area contributed by atoms with E-state index in [1.54, 1.807) is 18.2 Å². The Kier molecular flexibility index (Phi) is 10.1. The number of carbonyl (C=O) groups is 2. The molecule has 0 heterocycles. The molecule has 0 radical (unpaired) electrons. The van der Waals surface area contributed by atoms with Gasteiger partial charge in [-0.05, 0) is 68.0 Å². The molecule has 0 aliphatic carbocycles. The van der Waals surface area contributed by atoms with Gasteiger partial charge in [-0.1, -0.05) is 56.1 Å². The van der Waals surface area contributed by atoms with Gasteiger partial charge in [-0.25, -0.2) is 0 Å². The normalized spacial score (nSPS) is 11.9. The van der Waals surface area contributed by atoms with E-state index in [0.29, 0.717) is 40.2 Å². The minimum absolute atomic E-state index is 0.111. The molecule has 0 aliphatic rings. The molecule has 0 saturated carbocycles. The van der Waals surface area contributed by atoms with Crippen LogP contribution in [0.4, 0.5) is 0 Å². The molecule has 0 aromatic heterocycles. The molecule has 0 aliphatic heterocycles. The summed E-state index contributed by atoms with van der Waals surface area (Å²) in [6.07, 6.45) is 0.445. The Morgan fingerprint density at radius 2 is 1.73 bits per heavy atom. The number of hydrogen-bond donors (Lipinski definition) is 1. The average molecular weight is 493 g/mol. The van der Waals surface area contributed by atoms with Crippen LogP contribution < -0.4 is 10.1 Å². The lowest BCUT2D eigenvalue weighted by Gasteiger charge is -2.31. The van der Waals surface area contributed by atoms with Gasteiger partial charge in [0.15, 0.2) is 6.61 Å². The molecule has 0 unspecified atom stereocenters. The summed E-state index contributed by atoms with van der Waals surface area (Å²) in [5, 5.41) is 3.84. The predicted octanol–water partition coefficient (Wildman–Crippen LogP) is 5.88. The molecule has 0 saturated heterocycles. The Hall–Kier alpha value is -2.24. The summed E-state index contributed by atoms with van der Waals surface area (Å²) in [5.41, 5.74) is 3.74. The fraction of sp³-hybridized carbons (Fsp3) is 0.462. The van der Waals surface area contributed by atoms with E-state index in [1.807, 2.05) is 47.6 Å². The van der Waals surface area contributed by atoms with Crippen LogP contribution in [0.25, 0.3) is 0 Å². The molecule has 2 aromatic carbocycles. The number of aryl methyl sites for hydroxylation is 2. The Bertz CT molecular complexity index is 971. The quantitative estimate of drug-likeness (QED) is 0.450. The lowest BCUT2D eigenvalue weighted by atomic mass is 10.1. The van der Waals surface area contributed by atoms with Gasteiger partial charge in [0.1, 0.15) is 11.8 Å². The summed E-state index contributed by atoms with van der Waals surface area (Å²) in [6, 6.07) is 8.51. The topological polar surface area (TPSA) is 58.6 Å². The maximum Gasteiger partial charge on any atom is 0.261 e. The van der Waals surface area contributed by atoms with Gasteiger partial charge in [0.25, 0.3) is 5.91 Å². The number of ether oxygens (including phenoxy) is 1. The number of carbonyl (C=O) groups excluding carboxylic acids is 2. The van der Waals surface area contributed by atoms with Crippen LogP contribution in [0.5, 0.6) is 5.75 Å². The van der Waals surface area contributed by atoms with E-state index >= 15 is 0 Å². The molecule has 2 aromatic rings. The molecule has 1 atom stereocenters. The Labute approximate surface area is 207 Å². The van der Waals surface area contributed by atoms with E-state index in [9.17, 15) is 9.59 Å². The van der Waals surface area contributed by atoms with Gasteiger partial charge in [0.2, 0.25) is 5.91 Å². The van der Waals surface area contributed by atoms with Gasteiger partial charge in [-0.2, -0.15) is 0 Å². The van der Waals surface area contributed by atoms with Crippen LogP contribution in [0, 0.1) is 26.7 Å². The second-order valence-corrected chi connectivity index (χ2v) is 9.59. The number of amides is 2. The van der Waals surface area contributed by atoms with E-state index in [4.69, 9.17) is 27.9 Å². The first-order chi connectivity index (χ1) is 15.5. The molecule has 0 spiro atoms. The third kappa shape index (κ3) is 7.38. The van der Waals surface area contributed by atoms with Gasteiger partial charge in [0, 0.05) is 28.7 Å². The SMILES string of the molecule is CC[C@@H](C(=O)NCC(C)C)N(Cc1c(Cl)cccc1Cl)C(=O)COc1cc(C)cc(C)c1C. The van der Waals surface area contributed by atoms with E-state index < -0.39 is 6.04 Å².